The highest BCUT2D eigenvalue weighted by Crippen LogP contribution is 2.20. The van der Waals surface area contributed by atoms with E-state index in [0.717, 1.165) is 38.9 Å². The molecule has 88 valence electrons. The largest absolute Gasteiger partial charge is 0.389 e. The van der Waals surface area contributed by atoms with Gasteiger partial charge in [0.1, 0.15) is 0 Å². The van der Waals surface area contributed by atoms with Crippen LogP contribution in [0.15, 0.2) is 12.7 Å². The molecular formula is C13H25NO. The molecule has 2 heteroatoms. The van der Waals surface area contributed by atoms with Crippen molar-refractivity contribution >= 4 is 0 Å². The summed E-state index contributed by atoms with van der Waals surface area (Å²) in [6.45, 7) is 8.84. The maximum atomic E-state index is 9.93. The van der Waals surface area contributed by atoms with Gasteiger partial charge in [0.05, 0.1) is 5.60 Å². The quantitative estimate of drug-likeness (QED) is 0.539. The minimum absolute atomic E-state index is 0.445. The SMILES string of the molecule is C=CCCCCCN1CCCC(C)(O)C1. The van der Waals surface area contributed by atoms with Gasteiger partial charge in [-0.2, -0.15) is 0 Å². The Labute approximate surface area is 94.0 Å². The molecule has 0 aromatic rings. The van der Waals surface area contributed by atoms with Crippen molar-refractivity contribution in [2.45, 2.75) is 51.0 Å². The molecule has 1 unspecified atom stereocenters. The van der Waals surface area contributed by atoms with E-state index in [1.807, 2.05) is 13.0 Å². The highest BCUT2D eigenvalue weighted by Gasteiger charge is 2.27. The predicted octanol–water partition coefficient (Wildman–Crippen LogP) is 2.58. The second kappa shape index (κ2) is 6.29. The van der Waals surface area contributed by atoms with Crippen molar-refractivity contribution in [1.29, 1.82) is 0 Å². The molecule has 0 aliphatic carbocycles. The van der Waals surface area contributed by atoms with Crippen LogP contribution in [-0.2, 0) is 0 Å². The van der Waals surface area contributed by atoms with Crippen LogP contribution in [0.5, 0.6) is 0 Å². The lowest BCUT2D eigenvalue weighted by molar-refractivity contribution is -0.0158. The fourth-order valence-electron chi connectivity index (χ4n) is 2.32. The molecule has 1 rings (SSSR count). The molecule has 0 bridgehead atoms. The maximum absolute atomic E-state index is 9.93. The number of allylic oxidation sites excluding steroid dienone is 1. The molecule has 1 saturated heterocycles. The normalized spacial score (nSPS) is 27.9. The van der Waals surface area contributed by atoms with E-state index in [1.165, 1.54) is 19.3 Å². The summed E-state index contributed by atoms with van der Waals surface area (Å²) in [6.07, 6.45) is 9.02. The summed E-state index contributed by atoms with van der Waals surface area (Å²) in [5.74, 6) is 0. The smallest absolute Gasteiger partial charge is 0.0746 e. The summed E-state index contributed by atoms with van der Waals surface area (Å²) < 4.78 is 0. The second-order valence-electron chi connectivity index (χ2n) is 5.01. The maximum Gasteiger partial charge on any atom is 0.0746 e. The Morgan fingerprint density at radius 3 is 2.87 bits per heavy atom. The standard InChI is InChI=1S/C13H25NO/c1-3-4-5-6-7-10-14-11-8-9-13(2,15)12-14/h3,15H,1,4-12H2,2H3. The highest BCUT2D eigenvalue weighted by atomic mass is 16.3. The summed E-state index contributed by atoms with van der Waals surface area (Å²) in [5, 5.41) is 9.93. The van der Waals surface area contributed by atoms with E-state index in [1.54, 1.807) is 0 Å². The van der Waals surface area contributed by atoms with Gasteiger partial charge in [-0.15, -0.1) is 6.58 Å². The lowest BCUT2D eigenvalue weighted by atomic mass is 9.95. The third-order valence-electron chi connectivity index (χ3n) is 3.14. The molecule has 1 atom stereocenters. The zero-order valence-electron chi connectivity index (χ0n) is 10.0. The molecule has 1 N–H and O–H groups in total. The average Bonchev–Trinajstić information content (AvgIpc) is 2.16. The predicted molar refractivity (Wildman–Crippen MR) is 65.0 cm³/mol. The van der Waals surface area contributed by atoms with Crippen LogP contribution in [0.25, 0.3) is 0 Å². The molecule has 1 fully saturated rings. The van der Waals surface area contributed by atoms with Crippen LogP contribution < -0.4 is 0 Å². The minimum atomic E-state index is -0.445. The van der Waals surface area contributed by atoms with Gasteiger partial charge in [0.25, 0.3) is 0 Å². The van der Waals surface area contributed by atoms with Gasteiger partial charge in [-0.3, -0.25) is 0 Å². The van der Waals surface area contributed by atoms with E-state index in [9.17, 15) is 5.11 Å². The van der Waals surface area contributed by atoms with Gasteiger partial charge in [0, 0.05) is 6.54 Å². The first-order chi connectivity index (χ1) is 7.14. The van der Waals surface area contributed by atoms with Crippen molar-refractivity contribution < 1.29 is 5.11 Å². The molecule has 2 nitrogen and oxygen atoms in total. The Hall–Kier alpha value is -0.340. The lowest BCUT2D eigenvalue weighted by Gasteiger charge is -2.36. The number of hydrogen-bond donors (Lipinski definition) is 1. The molecule has 0 aromatic carbocycles. The first kappa shape index (κ1) is 12.7. The molecule has 1 aliphatic heterocycles. The number of aliphatic hydroxyl groups is 1. The van der Waals surface area contributed by atoms with Gasteiger partial charge in [-0.25, -0.2) is 0 Å². The van der Waals surface area contributed by atoms with E-state index in [-0.39, 0.29) is 0 Å². The van der Waals surface area contributed by atoms with E-state index >= 15 is 0 Å². The van der Waals surface area contributed by atoms with Gasteiger partial charge < -0.3 is 10.0 Å². The fourth-order valence-corrected chi connectivity index (χ4v) is 2.32. The molecule has 1 aliphatic rings. The molecule has 0 aromatic heterocycles. The molecule has 0 spiro atoms. The monoisotopic (exact) mass is 211 g/mol. The van der Waals surface area contributed by atoms with Crippen molar-refractivity contribution in [3.05, 3.63) is 12.7 Å². The summed E-state index contributed by atoms with van der Waals surface area (Å²) >= 11 is 0. The van der Waals surface area contributed by atoms with E-state index < -0.39 is 5.60 Å². The van der Waals surface area contributed by atoms with Gasteiger partial charge in [0.15, 0.2) is 0 Å². The molecule has 1 heterocycles. The molecule has 0 saturated carbocycles. The third kappa shape index (κ3) is 5.33. The Bertz CT molecular complexity index is 189. The van der Waals surface area contributed by atoms with Gasteiger partial charge >= 0.3 is 0 Å². The number of unbranched alkanes of at least 4 members (excludes halogenated alkanes) is 3. The molecular weight excluding hydrogens is 186 g/mol. The summed E-state index contributed by atoms with van der Waals surface area (Å²) in [7, 11) is 0. The Morgan fingerprint density at radius 2 is 2.20 bits per heavy atom. The van der Waals surface area contributed by atoms with Crippen LogP contribution in [0.3, 0.4) is 0 Å². The molecule has 0 radical (unpaired) electrons. The van der Waals surface area contributed by atoms with Gasteiger partial charge in [-0.05, 0) is 52.1 Å². The Kier molecular flexibility index (Phi) is 5.34. The number of hydrogen-bond acceptors (Lipinski definition) is 2. The van der Waals surface area contributed by atoms with Crippen LogP contribution in [0, 0.1) is 0 Å². The zero-order chi connectivity index (χ0) is 11.1. The fraction of sp³-hybridized carbons (Fsp3) is 0.846. The van der Waals surface area contributed by atoms with Crippen LogP contribution in [0.1, 0.15) is 45.4 Å². The van der Waals surface area contributed by atoms with Crippen molar-refractivity contribution in [1.82, 2.24) is 4.90 Å². The van der Waals surface area contributed by atoms with E-state index in [2.05, 4.69) is 11.5 Å². The summed E-state index contributed by atoms with van der Waals surface area (Å²) in [4.78, 5) is 2.40. The van der Waals surface area contributed by atoms with Gasteiger partial charge in [-0.1, -0.05) is 12.5 Å². The second-order valence-corrected chi connectivity index (χ2v) is 5.01. The highest BCUT2D eigenvalue weighted by molar-refractivity contribution is 4.82. The Morgan fingerprint density at radius 1 is 1.40 bits per heavy atom. The van der Waals surface area contributed by atoms with Crippen LogP contribution in [0.2, 0.25) is 0 Å². The van der Waals surface area contributed by atoms with Crippen molar-refractivity contribution in [2.75, 3.05) is 19.6 Å². The molecule has 0 amide bonds. The Balaban J connectivity index is 2.08. The van der Waals surface area contributed by atoms with E-state index in [0.29, 0.717) is 0 Å². The van der Waals surface area contributed by atoms with Crippen molar-refractivity contribution in [3.8, 4) is 0 Å². The number of β-amino-alcohol motifs (C(OH)–C–C–N with tert-alkyl or cyclic N) is 1. The topological polar surface area (TPSA) is 23.5 Å². The number of nitrogens with zero attached hydrogens (tertiary/aromatic N) is 1. The van der Waals surface area contributed by atoms with Crippen LogP contribution in [-0.4, -0.2) is 35.2 Å². The van der Waals surface area contributed by atoms with Crippen molar-refractivity contribution in [3.63, 3.8) is 0 Å². The first-order valence-corrected chi connectivity index (χ1v) is 6.20. The molecule has 15 heavy (non-hydrogen) atoms. The van der Waals surface area contributed by atoms with Crippen LogP contribution >= 0.6 is 0 Å². The van der Waals surface area contributed by atoms with Crippen molar-refractivity contribution in [2.24, 2.45) is 0 Å². The number of piperidine rings is 1. The van der Waals surface area contributed by atoms with Crippen LogP contribution in [0.4, 0.5) is 0 Å². The lowest BCUT2D eigenvalue weighted by Crippen LogP contribution is -2.46. The van der Waals surface area contributed by atoms with Gasteiger partial charge in [0.2, 0.25) is 0 Å². The summed E-state index contributed by atoms with van der Waals surface area (Å²) in [5.41, 5.74) is -0.445. The third-order valence-corrected chi connectivity index (χ3v) is 3.14. The number of rotatable bonds is 6. The summed E-state index contributed by atoms with van der Waals surface area (Å²) in [6, 6.07) is 0. The first-order valence-electron chi connectivity index (χ1n) is 6.20. The van der Waals surface area contributed by atoms with E-state index in [4.69, 9.17) is 0 Å². The average molecular weight is 211 g/mol. The number of likely N-dealkylation sites (tertiary alicyclic amines) is 1. The zero-order valence-corrected chi connectivity index (χ0v) is 10.0. The minimum Gasteiger partial charge on any atom is -0.389 e.